The Kier molecular flexibility index (Phi) is 2.40. The van der Waals surface area contributed by atoms with Gasteiger partial charge in [-0.1, -0.05) is 6.07 Å². The Bertz CT molecular complexity index is 564. The van der Waals surface area contributed by atoms with Crippen molar-refractivity contribution < 1.29 is 4.39 Å². The van der Waals surface area contributed by atoms with Crippen LogP contribution < -0.4 is 11.1 Å². The molecule has 2 aromatic rings. The molecule has 0 bridgehead atoms. The predicted octanol–water partition coefficient (Wildman–Crippen LogP) is 1.43. The van der Waals surface area contributed by atoms with Crippen molar-refractivity contribution in [2.75, 3.05) is 18.8 Å². The van der Waals surface area contributed by atoms with Crippen molar-refractivity contribution >= 4 is 16.7 Å². The maximum Gasteiger partial charge on any atom is 0.149 e. The smallest absolute Gasteiger partial charge is 0.149 e. The lowest BCUT2D eigenvalue weighted by Crippen LogP contribution is -2.11. The van der Waals surface area contributed by atoms with E-state index in [1.807, 2.05) is 0 Å². The molecule has 17 heavy (non-hydrogen) atoms. The van der Waals surface area contributed by atoms with Crippen molar-refractivity contribution in [2.45, 2.75) is 12.3 Å². The Morgan fingerprint density at radius 1 is 1.35 bits per heavy atom. The van der Waals surface area contributed by atoms with Crippen LogP contribution in [0, 0.1) is 5.82 Å². The van der Waals surface area contributed by atoms with Gasteiger partial charge in [-0.05, 0) is 25.1 Å². The number of aromatic nitrogens is 2. The van der Waals surface area contributed by atoms with Crippen LogP contribution in [0.15, 0.2) is 18.2 Å². The number of fused-ring (bicyclic) bond motifs is 1. The molecule has 0 saturated carbocycles. The number of anilines is 1. The summed E-state index contributed by atoms with van der Waals surface area (Å²) in [5.41, 5.74) is 6.18. The second-order valence-corrected chi connectivity index (χ2v) is 4.29. The molecular formula is C12H13FN4. The Morgan fingerprint density at radius 2 is 2.24 bits per heavy atom. The van der Waals surface area contributed by atoms with Crippen LogP contribution in [0.5, 0.6) is 0 Å². The van der Waals surface area contributed by atoms with Gasteiger partial charge in [-0.2, -0.15) is 0 Å². The minimum Gasteiger partial charge on any atom is -0.383 e. The van der Waals surface area contributed by atoms with E-state index in [9.17, 15) is 4.39 Å². The number of hydrogen-bond donors (Lipinski definition) is 2. The third-order valence-electron chi connectivity index (χ3n) is 3.15. The lowest BCUT2D eigenvalue weighted by molar-refractivity contribution is 0.633. The molecule has 5 heteroatoms. The molecule has 1 aliphatic rings. The average Bonchev–Trinajstić information content (AvgIpc) is 2.84. The van der Waals surface area contributed by atoms with Gasteiger partial charge in [-0.15, -0.1) is 0 Å². The van der Waals surface area contributed by atoms with E-state index < -0.39 is 0 Å². The topological polar surface area (TPSA) is 63.8 Å². The molecule has 1 aromatic heterocycles. The first-order chi connectivity index (χ1) is 8.25. The van der Waals surface area contributed by atoms with Gasteiger partial charge < -0.3 is 11.1 Å². The monoisotopic (exact) mass is 232 g/mol. The molecule has 0 radical (unpaired) electrons. The molecule has 0 spiro atoms. The van der Waals surface area contributed by atoms with Crippen LogP contribution >= 0.6 is 0 Å². The molecule has 0 amide bonds. The summed E-state index contributed by atoms with van der Waals surface area (Å²) < 4.78 is 13.7. The van der Waals surface area contributed by atoms with Crippen LogP contribution in [0.25, 0.3) is 10.9 Å². The highest BCUT2D eigenvalue weighted by molar-refractivity contribution is 5.88. The number of para-hydroxylation sites is 1. The summed E-state index contributed by atoms with van der Waals surface area (Å²) in [6.45, 7) is 1.78. The summed E-state index contributed by atoms with van der Waals surface area (Å²) in [5, 5.41) is 3.82. The molecular weight excluding hydrogens is 219 g/mol. The minimum absolute atomic E-state index is 0.237. The molecule has 3 rings (SSSR count). The molecule has 1 fully saturated rings. The molecule has 1 aliphatic heterocycles. The fraction of sp³-hybridized carbons (Fsp3) is 0.333. The van der Waals surface area contributed by atoms with Gasteiger partial charge >= 0.3 is 0 Å². The Labute approximate surface area is 98.1 Å². The van der Waals surface area contributed by atoms with Gasteiger partial charge in [-0.3, -0.25) is 0 Å². The van der Waals surface area contributed by atoms with Gasteiger partial charge in [0.25, 0.3) is 0 Å². The minimum atomic E-state index is -0.344. The summed E-state index contributed by atoms with van der Waals surface area (Å²) in [6, 6.07) is 4.75. The number of nitrogens with two attached hydrogens (primary N) is 1. The molecule has 3 N–H and O–H groups in total. The highest BCUT2D eigenvalue weighted by atomic mass is 19.1. The Hall–Kier alpha value is -1.75. The normalized spacial score (nSPS) is 19.9. The predicted molar refractivity (Wildman–Crippen MR) is 64.1 cm³/mol. The summed E-state index contributed by atoms with van der Waals surface area (Å²) in [7, 11) is 0. The van der Waals surface area contributed by atoms with Crippen LogP contribution in [-0.2, 0) is 0 Å². The number of nitrogens with one attached hydrogen (secondary N) is 1. The van der Waals surface area contributed by atoms with Crippen molar-refractivity contribution in [3.05, 3.63) is 29.8 Å². The van der Waals surface area contributed by atoms with E-state index in [0.717, 1.165) is 19.5 Å². The maximum atomic E-state index is 13.7. The quantitative estimate of drug-likeness (QED) is 0.780. The lowest BCUT2D eigenvalue weighted by Gasteiger charge is -2.10. The van der Waals surface area contributed by atoms with Crippen LogP contribution in [0.2, 0.25) is 0 Å². The van der Waals surface area contributed by atoms with Gasteiger partial charge in [0.05, 0.1) is 0 Å². The number of nitrogens with zero attached hydrogens (tertiary/aromatic N) is 2. The van der Waals surface area contributed by atoms with E-state index in [1.165, 1.54) is 6.07 Å². The van der Waals surface area contributed by atoms with E-state index >= 15 is 0 Å². The number of nitrogen functional groups attached to an aromatic ring is 1. The van der Waals surface area contributed by atoms with E-state index in [1.54, 1.807) is 12.1 Å². The first-order valence-electron chi connectivity index (χ1n) is 5.68. The Morgan fingerprint density at radius 3 is 3.00 bits per heavy atom. The third kappa shape index (κ3) is 1.72. The zero-order valence-electron chi connectivity index (χ0n) is 9.28. The molecule has 1 unspecified atom stereocenters. The second kappa shape index (κ2) is 3.92. The van der Waals surface area contributed by atoms with Crippen molar-refractivity contribution in [1.82, 2.24) is 15.3 Å². The molecule has 1 atom stereocenters. The van der Waals surface area contributed by atoms with Gasteiger partial charge in [0.1, 0.15) is 23.0 Å². The maximum absolute atomic E-state index is 13.7. The molecule has 1 saturated heterocycles. The summed E-state index contributed by atoms with van der Waals surface area (Å²) in [5.74, 6) is 0.895. The van der Waals surface area contributed by atoms with Gasteiger partial charge in [-0.25, -0.2) is 14.4 Å². The van der Waals surface area contributed by atoms with Crippen LogP contribution in [0.4, 0.5) is 10.2 Å². The number of halogens is 1. The van der Waals surface area contributed by atoms with E-state index in [-0.39, 0.29) is 11.7 Å². The van der Waals surface area contributed by atoms with E-state index in [2.05, 4.69) is 15.3 Å². The highest BCUT2D eigenvalue weighted by Gasteiger charge is 2.21. The molecule has 88 valence electrons. The van der Waals surface area contributed by atoms with Crippen LogP contribution in [0.3, 0.4) is 0 Å². The van der Waals surface area contributed by atoms with Crippen molar-refractivity contribution in [1.29, 1.82) is 0 Å². The highest BCUT2D eigenvalue weighted by Crippen LogP contribution is 2.25. The van der Waals surface area contributed by atoms with Crippen molar-refractivity contribution in [3.63, 3.8) is 0 Å². The second-order valence-electron chi connectivity index (χ2n) is 4.29. The van der Waals surface area contributed by atoms with Crippen molar-refractivity contribution in [3.8, 4) is 0 Å². The lowest BCUT2D eigenvalue weighted by atomic mass is 10.1. The van der Waals surface area contributed by atoms with Gasteiger partial charge in [0.2, 0.25) is 0 Å². The number of benzene rings is 1. The molecule has 2 heterocycles. The zero-order chi connectivity index (χ0) is 11.8. The number of rotatable bonds is 1. The fourth-order valence-electron chi connectivity index (χ4n) is 2.22. The van der Waals surface area contributed by atoms with E-state index in [0.29, 0.717) is 22.5 Å². The first-order valence-corrected chi connectivity index (χ1v) is 5.68. The average molecular weight is 232 g/mol. The van der Waals surface area contributed by atoms with Gasteiger partial charge in [0.15, 0.2) is 0 Å². The molecule has 4 nitrogen and oxygen atoms in total. The molecule has 0 aliphatic carbocycles. The van der Waals surface area contributed by atoms with E-state index in [4.69, 9.17) is 5.73 Å². The summed E-state index contributed by atoms with van der Waals surface area (Å²) >= 11 is 0. The molecule has 1 aromatic carbocycles. The Balaban J connectivity index is 2.18. The van der Waals surface area contributed by atoms with Crippen molar-refractivity contribution in [2.24, 2.45) is 0 Å². The first kappa shape index (κ1) is 10.4. The van der Waals surface area contributed by atoms with Crippen LogP contribution in [0.1, 0.15) is 18.2 Å². The van der Waals surface area contributed by atoms with Crippen LogP contribution in [-0.4, -0.2) is 23.1 Å². The number of hydrogen-bond acceptors (Lipinski definition) is 4. The third-order valence-corrected chi connectivity index (χ3v) is 3.15. The summed E-state index contributed by atoms with van der Waals surface area (Å²) in [4.78, 5) is 8.60. The SMILES string of the molecule is Nc1nc(C2CCNC2)nc2c(F)cccc12. The standard InChI is InChI=1S/C12H13FN4/c13-9-3-1-2-8-10(9)16-12(17-11(8)14)7-4-5-15-6-7/h1-3,7,15H,4-6H2,(H2,14,16,17). The summed E-state index contributed by atoms with van der Waals surface area (Å²) in [6.07, 6.45) is 0.972. The fourth-order valence-corrected chi connectivity index (χ4v) is 2.22. The largest absolute Gasteiger partial charge is 0.383 e. The zero-order valence-corrected chi connectivity index (χ0v) is 9.28. The van der Waals surface area contributed by atoms with Gasteiger partial charge in [0, 0.05) is 17.8 Å².